The van der Waals surface area contributed by atoms with Gasteiger partial charge in [-0.1, -0.05) is 6.92 Å². The molecule has 1 aliphatic heterocycles. The molecular weight excluding hydrogens is 210 g/mol. The van der Waals surface area contributed by atoms with E-state index in [0.29, 0.717) is 19.8 Å². The smallest absolute Gasteiger partial charge is 0.101 e. The molecule has 4 unspecified atom stereocenters. The van der Waals surface area contributed by atoms with Gasteiger partial charge in [0.2, 0.25) is 0 Å². The van der Waals surface area contributed by atoms with Gasteiger partial charge < -0.3 is 25.1 Å². The maximum Gasteiger partial charge on any atom is 0.101 e. The van der Waals surface area contributed by atoms with E-state index in [0.717, 1.165) is 0 Å². The quantitative estimate of drug-likeness (QED) is 0.704. The molecule has 1 heterocycles. The van der Waals surface area contributed by atoms with E-state index in [2.05, 4.69) is 0 Å². The molecule has 0 aliphatic carbocycles. The molecule has 96 valence electrons. The minimum atomic E-state index is -0.594. The molecule has 1 aliphatic rings. The molecule has 0 amide bonds. The highest BCUT2D eigenvalue weighted by Crippen LogP contribution is 2.21. The third-order valence-corrected chi connectivity index (χ3v) is 3.00. The van der Waals surface area contributed by atoms with Crippen molar-refractivity contribution in [2.24, 2.45) is 11.7 Å². The Balaban J connectivity index is 2.73. The van der Waals surface area contributed by atoms with Crippen LogP contribution in [0.5, 0.6) is 0 Å². The zero-order valence-electron chi connectivity index (χ0n) is 10.3. The average Bonchev–Trinajstić information content (AvgIpc) is 2.22. The van der Waals surface area contributed by atoms with Gasteiger partial charge in [0.1, 0.15) is 6.10 Å². The highest BCUT2D eigenvalue weighted by atomic mass is 16.6. The van der Waals surface area contributed by atoms with Crippen LogP contribution >= 0.6 is 0 Å². The molecule has 0 bridgehead atoms. The van der Waals surface area contributed by atoms with Gasteiger partial charge in [-0.15, -0.1) is 0 Å². The van der Waals surface area contributed by atoms with Crippen molar-refractivity contribution < 1.29 is 19.3 Å². The van der Waals surface area contributed by atoms with Gasteiger partial charge in [0.25, 0.3) is 0 Å². The van der Waals surface area contributed by atoms with Crippen molar-refractivity contribution in [2.45, 2.75) is 31.6 Å². The number of ether oxygens (including phenoxy) is 3. The van der Waals surface area contributed by atoms with Crippen LogP contribution in [0.1, 0.15) is 13.8 Å². The second-order valence-electron chi connectivity index (χ2n) is 4.80. The second-order valence-corrected chi connectivity index (χ2v) is 4.80. The van der Waals surface area contributed by atoms with E-state index in [1.54, 1.807) is 7.11 Å². The molecule has 5 nitrogen and oxygen atoms in total. The maximum absolute atomic E-state index is 9.27. The van der Waals surface area contributed by atoms with Crippen molar-refractivity contribution in [3.05, 3.63) is 0 Å². The Morgan fingerprint density at radius 2 is 2.25 bits per heavy atom. The molecule has 1 saturated heterocycles. The summed E-state index contributed by atoms with van der Waals surface area (Å²) >= 11 is 0. The lowest BCUT2D eigenvalue weighted by molar-refractivity contribution is -0.153. The minimum absolute atomic E-state index is 0.0270. The third-order valence-electron chi connectivity index (χ3n) is 3.00. The molecule has 0 saturated carbocycles. The Morgan fingerprint density at radius 3 is 2.81 bits per heavy atom. The van der Waals surface area contributed by atoms with E-state index in [4.69, 9.17) is 19.9 Å². The molecule has 1 rings (SSSR count). The van der Waals surface area contributed by atoms with Crippen molar-refractivity contribution >= 4 is 0 Å². The number of methoxy groups -OCH3 is 1. The lowest BCUT2D eigenvalue weighted by Crippen LogP contribution is -2.58. The van der Waals surface area contributed by atoms with Crippen LogP contribution in [0.2, 0.25) is 0 Å². The molecule has 5 heteroatoms. The van der Waals surface area contributed by atoms with Crippen LogP contribution in [-0.2, 0) is 14.2 Å². The topological polar surface area (TPSA) is 73.9 Å². The number of rotatable bonds is 3. The molecule has 3 N–H and O–H groups in total. The van der Waals surface area contributed by atoms with Crippen LogP contribution in [-0.4, -0.2) is 56.4 Å². The van der Waals surface area contributed by atoms with E-state index < -0.39 is 5.54 Å². The summed E-state index contributed by atoms with van der Waals surface area (Å²) < 4.78 is 16.5. The monoisotopic (exact) mass is 233 g/mol. The first kappa shape index (κ1) is 13.9. The first-order valence-electron chi connectivity index (χ1n) is 5.63. The normalized spacial score (nSPS) is 41.4. The fourth-order valence-corrected chi connectivity index (χ4v) is 1.77. The van der Waals surface area contributed by atoms with Gasteiger partial charge >= 0.3 is 0 Å². The zero-order chi connectivity index (χ0) is 12.2. The molecular formula is C11H23NO4. The van der Waals surface area contributed by atoms with Crippen LogP contribution in [0, 0.1) is 5.92 Å². The van der Waals surface area contributed by atoms with Crippen LogP contribution in [0.3, 0.4) is 0 Å². The van der Waals surface area contributed by atoms with Gasteiger partial charge in [-0.3, -0.25) is 0 Å². The fraction of sp³-hybridized carbons (Fsp3) is 1.00. The van der Waals surface area contributed by atoms with E-state index in [1.807, 2.05) is 13.8 Å². The standard InChI is InChI=1S/C11H23NO4/c1-8-5-15-7-11(2,12)10(6-14-3)16-9(8)4-13/h8-10,13H,4-7,12H2,1-3H3. The summed E-state index contributed by atoms with van der Waals surface area (Å²) in [5.74, 6) is 0.153. The molecule has 0 aromatic heterocycles. The lowest BCUT2D eigenvalue weighted by atomic mass is 9.95. The summed E-state index contributed by atoms with van der Waals surface area (Å²) in [6.45, 7) is 5.23. The molecule has 0 aromatic rings. The van der Waals surface area contributed by atoms with Crippen molar-refractivity contribution in [3.8, 4) is 0 Å². The van der Waals surface area contributed by atoms with Crippen LogP contribution in [0.25, 0.3) is 0 Å². The van der Waals surface area contributed by atoms with Gasteiger partial charge in [-0.2, -0.15) is 0 Å². The fourth-order valence-electron chi connectivity index (χ4n) is 1.77. The van der Waals surface area contributed by atoms with Crippen LogP contribution in [0.15, 0.2) is 0 Å². The maximum atomic E-state index is 9.27. The van der Waals surface area contributed by atoms with Crippen LogP contribution < -0.4 is 5.73 Å². The molecule has 0 radical (unpaired) electrons. The molecule has 1 fully saturated rings. The van der Waals surface area contributed by atoms with Gasteiger partial charge in [0.15, 0.2) is 0 Å². The van der Waals surface area contributed by atoms with E-state index in [9.17, 15) is 5.11 Å². The van der Waals surface area contributed by atoms with E-state index >= 15 is 0 Å². The molecule has 16 heavy (non-hydrogen) atoms. The number of hydrogen-bond acceptors (Lipinski definition) is 5. The minimum Gasteiger partial charge on any atom is -0.394 e. The highest BCUT2D eigenvalue weighted by Gasteiger charge is 2.36. The third kappa shape index (κ3) is 3.40. The number of aliphatic hydroxyl groups excluding tert-OH is 1. The summed E-state index contributed by atoms with van der Waals surface area (Å²) in [5, 5.41) is 9.27. The number of nitrogens with two attached hydrogens (primary N) is 1. The summed E-state index contributed by atoms with van der Waals surface area (Å²) in [5.41, 5.74) is 5.53. The molecule has 4 atom stereocenters. The summed E-state index contributed by atoms with van der Waals surface area (Å²) in [6.07, 6.45) is -0.513. The largest absolute Gasteiger partial charge is 0.394 e. The predicted octanol–water partition coefficient (Wildman–Crippen LogP) is -0.237. The first-order valence-corrected chi connectivity index (χ1v) is 5.63. The Bertz CT molecular complexity index is 210. The summed E-state index contributed by atoms with van der Waals surface area (Å²) in [4.78, 5) is 0. The summed E-state index contributed by atoms with van der Waals surface area (Å²) in [6, 6.07) is 0. The van der Waals surface area contributed by atoms with Crippen LogP contribution in [0.4, 0.5) is 0 Å². The second kappa shape index (κ2) is 5.93. The van der Waals surface area contributed by atoms with Crippen molar-refractivity contribution in [1.29, 1.82) is 0 Å². The van der Waals surface area contributed by atoms with Gasteiger partial charge in [0.05, 0.1) is 38.1 Å². The van der Waals surface area contributed by atoms with Crippen molar-refractivity contribution in [3.63, 3.8) is 0 Å². The first-order chi connectivity index (χ1) is 7.51. The van der Waals surface area contributed by atoms with Gasteiger partial charge in [0, 0.05) is 13.0 Å². The van der Waals surface area contributed by atoms with Crippen molar-refractivity contribution in [1.82, 2.24) is 0 Å². The molecule has 0 spiro atoms. The number of aliphatic hydroxyl groups is 1. The average molecular weight is 233 g/mol. The Morgan fingerprint density at radius 1 is 1.56 bits per heavy atom. The SMILES string of the molecule is COCC1OC(CO)C(C)COCC1(C)N. The Hall–Kier alpha value is -0.200. The van der Waals surface area contributed by atoms with Crippen molar-refractivity contribution in [2.75, 3.05) is 33.5 Å². The zero-order valence-corrected chi connectivity index (χ0v) is 10.3. The number of hydrogen-bond donors (Lipinski definition) is 2. The highest BCUT2D eigenvalue weighted by molar-refractivity contribution is 4.90. The van der Waals surface area contributed by atoms with Gasteiger partial charge in [-0.05, 0) is 6.92 Å². The summed E-state index contributed by atoms with van der Waals surface area (Å²) in [7, 11) is 1.61. The van der Waals surface area contributed by atoms with E-state index in [1.165, 1.54) is 0 Å². The predicted molar refractivity (Wildman–Crippen MR) is 60.2 cm³/mol. The Labute approximate surface area is 96.9 Å². The lowest BCUT2D eigenvalue weighted by Gasteiger charge is -2.39. The van der Waals surface area contributed by atoms with Gasteiger partial charge in [-0.25, -0.2) is 0 Å². The molecule has 0 aromatic carbocycles. The van der Waals surface area contributed by atoms with E-state index in [-0.39, 0.29) is 24.7 Å². The Kier molecular flexibility index (Phi) is 5.14.